The number of amides is 2. The molecule has 2 N–H and O–H groups in total. The van der Waals surface area contributed by atoms with E-state index in [-0.39, 0.29) is 23.5 Å². The van der Waals surface area contributed by atoms with E-state index in [0.717, 1.165) is 10.5 Å². The molecule has 0 saturated carbocycles. The molecule has 7 heteroatoms. The molecular weight excluding hydrogens is 456 g/mol. The molecule has 0 fully saturated rings. The summed E-state index contributed by atoms with van der Waals surface area (Å²) in [5.74, 6) is 0.446. The molecule has 3 aromatic carbocycles. The molecule has 0 radical (unpaired) electrons. The van der Waals surface area contributed by atoms with Crippen molar-refractivity contribution in [1.29, 1.82) is 0 Å². The number of anilines is 2. The van der Waals surface area contributed by atoms with Gasteiger partial charge < -0.3 is 15.4 Å². The minimum atomic E-state index is -0.292. The van der Waals surface area contributed by atoms with E-state index in [1.807, 2.05) is 74.5 Å². The molecule has 0 aliphatic heterocycles. The molecule has 0 aliphatic carbocycles. The predicted octanol–water partition coefficient (Wildman–Crippen LogP) is 6.43. The van der Waals surface area contributed by atoms with Gasteiger partial charge in [-0.25, -0.2) is 0 Å². The number of carbonyl (C=O) groups is 2. The van der Waals surface area contributed by atoms with Crippen LogP contribution in [0.4, 0.5) is 11.4 Å². The van der Waals surface area contributed by atoms with E-state index in [0.29, 0.717) is 35.2 Å². The van der Waals surface area contributed by atoms with Gasteiger partial charge in [0.2, 0.25) is 11.8 Å². The van der Waals surface area contributed by atoms with Crippen LogP contribution >= 0.6 is 23.4 Å². The van der Waals surface area contributed by atoms with Gasteiger partial charge in [0.05, 0.1) is 24.0 Å². The molecule has 1 unspecified atom stereocenters. The normalized spacial score (nSPS) is 11.5. The van der Waals surface area contributed by atoms with Crippen LogP contribution in [-0.2, 0) is 16.0 Å². The van der Waals surface area contributed by atoms with E-state index < -0.39 is 0 Å². The summed E-state index contributed by atoms with van der Waals surface area (Å²) in [7, 11) is 0. The summed E-state index contributed by atoms with van der Waals surface area (Å²) in [6.45, 7) is 4.41. The number of hydrogen-bond acceptors (Lipinski definition) is 4. The molecule has 5 nitrogen and oxygen atoms in total. The van der Waals surface area contributed by atoms with E-state index >= 15 is 0 Å². The Labute approximate surface area is 203 Å². The van der Waals surface area contributed by atoms with Gasteiger partial charge in [0.1, 0.15) is 5.75 Å². The number of benzene rings is 3. The molecular formula is C26H27ClN2O3S. The fraction of sp³-hybridized carbons (Fsp3) is 0.231. The Morgan fingerprint density at radius 3 is 2.45 bits per heavy atom. The third kappa shape index (κ3) is 7.55. The Hall–Kier alpha value is -2.96. The van der Waals surface area contributed by atoms with Crippen LogP contribution in [0.15, 0.2) is 77.7 Å². The van der Waals surface area contributed by atoms with E-state index in [4.69, 9.17) is 16.3 Å². The van der Waals surface area contributed by atoms with Crippen LogP contribution in [0, 0.1) is 0 Å². The lowest BCUT2D eigenvalue weighted by atomic mass is 10.1. The number of para-hydroxylation sites is 2. The van der Waals surface area contributed by atoms with Crippen LogP contribution in [0.25, 0.3) is 0 Å². The number of carbonyl (C=O) groups excluding carboxylic acids is 2. The van der Waals surface area contributed by atoms with Crippen LogP contribution in [0.5, 0.6) is 5.75 Å². The van der Waals surface area contributed by atoms with E-state index in [1.165, 1.54) is 11.8 Å². The fourth-order valence-electron chi connectivity index (χ4n) is 3.19. The molecule has 1 atom stereocenters. The third-order valence-corrected chi connectivity index (χ3v) is 6.39. The van der Waals surface area contributed by atoms with Gasteiger partial charge in [-0.15, -0.1) is 11.8 Å². The second-order valence-corrected chi connectivity index (χ2v) is 9.02. The van der Waals surface area contributed by atoms with Crippen molar-refractivity contribution in [2.45, 2.75) is 36.8 Å². The molecule has 2 amide bonds. The molecule has 0 bridgehead atoms. The zero-order chi connectivity index (χ0) is 23.6. The number of nitrogens with one attached hydrogen (secondary N) is 2. The zero-order valence-corrected chi connectivity index (χ0v) is 20.2. The van der Waals surface area contributed by atoms with Crippen molar-refractivity contribution in [2.75, 3.05) is 17.2 Å². The smallest absolute Gasteiger partial charge is 0.237 e. The van der Waals surface area contributed by atoms with Crippen molar-refractivity contribution >= 4 is 46.6 Å². The maximum absolute atomic E-state index is 12.9. The Bertz CT molecular complexity index is 1090. The Morgan fingerprint density at radius 1 is 0.970 bits per heavy atom. The topological polar surface area (TPSA) is 67.4 Å². The maximum atomic E-state index is 12.9. The summed E-state index contributed by atoms with van der Waals surface area (Å²) in [6.07, 6.45) is 0.911. The lowest BCUT2D eigenvalue weighted by molar-refractivity contribution is -0.116. The average molecular weight is 483 g/mol. The molecule has 3 aromatic rings. The summed E-state index contributed by atoms with van der Waals surface area (Å²) in [4.78, 5) is 26.3. The molecule has 0 heterocycles. The second kappa shape index (κ2) is 12.3. The molecule has 0 saturated heterocycles. The van der Waals surface area contributed by atoms with Gasteiger partial charge in [0, 0.05) is 15.6 Å². The van der Waals surface area contributed by atoms with Crippen LogP contribution in [0.1, 0.15) is 25.8 Å². The highest BCUT2D eigenvalue weighted by atomic mass is 35.5. The SMILES string of the molecule is CCOc1ccccc1NC(=O)C(CC)Sc1cccc(NC(=O)Cc2ccc(Cl)cc2)c1. The van der Waals surface area contributed by atoms with Crippen LogP contribution < -0.4 is 15.4 Å². The van der Waals surface area contributed by atoms with Gasteiger partial charge in [-0.05, 0) is 61.4 Å². The van der Waals surface area contributed by atoms with Crippen molar-refractivity contribution in [2.24, 2.45) is 0 Å². The average Bonchev–Trinajstić information content (AvgIpc) is 2.80. The van der Waals surface area contributed by atoms with Crippen LogP contribution in [-0.4, -0.2) is 23.7 Å². The summed E-state index contributed by atoms with van der Waals surface area (Å²) in [5, 5.41) is 6.25. The second-order valence-electron chi connectivity index (χ2n) is 7.31. The maximum Gasteiger partial charge on any atom is 0.237 e. The Balaban J connectivity index is 1.62. The van der Waals surface area contributed by atoms with E-state index in [9.17, 15) is 9.59 Å². The summed E-state index contributed by atoms with van der Waals surface area (Å²) < 4.78 is 5.60. The first kappa shape index (κ1) is 24.7. The van der Waals surface area contributed by atoms with E-state index in [2.05, 4.69) is 10.6 Å². The van der Waals surface area contributed by atoms with Gasteiger partial charge >= 0.3 is 0 Å². The van der Waals surface area contributed by atoms with Crippen molar-refractivity contribution in [1.82, 2.24) is 0 Å². The molecule has 0 aliphatic rings. The van der Waals surface area contributed by atoms with Crippen molar-refractivity contribution in [3.63, 3.8) is 0 Å². The van der Waals surface area contributed by atoms with Crippen LogP contribution in [0.3, 0.4) is 0 Å². The first-order valence-corrected chi connectivity index (χ1v) is 12.1. The monoisotopic (exact) mass is 482 g/mol. The minimum Gasteiger partial charge on any atom is -0.492 e. The van der Waals surface area contributed by atoms with E-state index in [1.54, 1.807) is 12.1 Å². The number of ether oxygens (including phenoxy) is 1. The standard InChI is InChI=1S/C26H27ClN2O3S/c1-3-24(26(31)29-22-10-5-6-11-23(22)32-4-2)33-21-9-7-8-20(17-21)28-25(30)16-18-12-14-19(27)15-13-18/h5-15,17,24H,3-4,16H2,1-2H3,(H,28,30)(H,29,31). The third-order valence-electron chi connectivity index (χ3n) is 4.78. The Morgan fingerprint density at radius 2 is 1.73 bits per heavy atom. The van der Waals surface area contributed by atoms with Gasteiger partial charge in [-0.1, -0.05) is 48.9 Å². The lowest BCUT2D eigenvalue weighted by Gasteiger charge is -2.17. The minimum absolute atomic E-state index is 0.0909. The Kier molecular flexibility index (Phi) is 9.22. The largest absolute Gasteiger partial charge is 0.492 e. The highest BCUT2D eigenvalue weighted by molar-refractivity contribution is 8.00. The first-order chi connectivity index (χ1) is 16.0. The van der Waals surface area contributed by atoms with Crippen molar-refractivity contribution < 1.29 is 14.3 Å². The number of rotatable bonds is 10. The zero-order valence-electron chi connectivity index (χ0n) is 18.6. The number of thioether (sulfide) groups is 1. The van der Waals surface area contributed by atoms with Gasteiger partial charge in [0.25, 0.3) is 0 Å². The summed E-state index contributed by atoms with van der Waals surface area (Å²) in [6, 6.07) is 22.1. The highest BCUT2D eigenvalue weighted by Gasteiger charge is 2.19. The molecule has 0 spiro atoms. The van der Waals surface area contributed by atoms with Crippen LogP contribution in [0.2, 0.25) is 5.02 Å². The summed E-state index contributed by atoms with van der Waals surface area (Å²) in [5.41, 5.74) is 2.24. The quantitative estimate of drug-likeness (QED) is 0.327. The number of halogens is 1. The molecule has 3 rings (SSSR count). The van der Waals surface area contributed by atoms with Crippen molar-refractivity contribution in [3.8, 4) is 5.75 Å². The van der Waals surface area contributed by atoms with Gasteiger partial charge in [0.15, 0.2) is 0 Å². The summed E-state index contributed by atoms with van der Waals surface area (Å²) >= 11 is 7.36. The molecule has 172 valence electrons. The fourth-order valence-corrected chi connectivity index (χ4v) is 4.33. The number of hydrogen-bond donors (Lipinski definition) is 2. The highest BCUT2D eigenvalue weighted by Crippen LogP contribution is 2.30. The first-order valence-electron chi connectivity index (χ1n) is 10.8. The lowest BCUT2D eigenvalue weighted by Crippen LogP contribution is -2.24. The van der Waals surface area contributed by atoms with Gasteiger partial charge in [-0.3, -0.25) is 9.59 Å². The van der Waals surface area contributed by atoms with Crippen molar-refractivity contribution in [3.05, 3.63) is 83.4 Å². The van der Waals surface area contributed by atoms with Gasteiger partial charge in [-0.2, -0.15) is 0 Å². The molecule has 0 aromatic heterocycles. The predicted molar refractivity (Wildman–Crippen MR) is 136 cm³/mol. The molecule has 33 heavy (non-hydrogen) atoms.